The third kappa shape index (κ3) is 1.93. The number of carbonyl (C=O) groups excluding carboxylic acids is 2. The second-order valence-electron chi connectivity index (χ2n) is 4.65. The minimum atomic E-state index is -0.0678. The van der Waals surface area contributed by atoms with Gasteiger partial charge in [0.15, 0.2) is 11.6 Å². The SMILES string of the molecule is CC(=O)c1cc(C(=O)c2ccccc2)c2ccccn12. The molecule has 0 aliphatic carbocycles. The molecule has 0 aliphatic rings. The highest BCUT2D eigenvalue weighted by molar-refractivity contribution is 6.14. The Bertz CT molecular complexity index is 800. The molecule has 0 saturated carbocycles. The maximum atomic E-state index is 12.6. The lowest BCUT2D eigenvalue weighted by atomic mass is 10.0. The molecular formula is C17H13NO2. The zero-order chi connectivity index (χ0) is 14.1. The van der Waals surface area contributed by atoms with Gasteiger partial charge in [-0.25, -0.2) is 0 Å². The normalized spacial score (nSPS) is 10.7. The van der Waals surface area contributed by atoms with Crippen LogP contribution in [0.5, 0.6) is 0 Å². The van der Waals surface area contributed by atoms with Crippen LogP contribution < -0.4 is 0 Å². The van der Waals surface area contributed by atoms with Crippen molar-refractivity contribution in [3.8, 4) is 0 Å². The quantitative estimate of drug-likeness (QED) is 0.679. The Morgan fingerprint density at radius 1 is 0.950 bits per heavy atom. The molecule has 20 heavy (non-hydrogen) atoms. The lowest BCUT2D eigenvalue weighted by molar-refractivity contribution is 0.101. The van der Waals surface area contributed by atoms with Crippen LogP contribution in [0.15, 0.2) is 60.8 Å². The molecule has 0 atom stereocenters. The average molecular weight is 263 g/mol. The first-order valence-corrected chi connectivity index (χ1v) is 6.39. The third-order valence-corrected chi connectivity index (χ3v) is 3.32. The van der Waals surface area contributed by atoms with Crippen LogP contribution in [0.3, 0.4) is 0 Å². The molecule has 0 bridgehead atoms. The fraction of sp³-hybridized carbons (Fsp3) is 0.0588. The predicted molar refractivity (Wildman–Crippen MR) is 77.3 cm³/mol. The van der Waals surface area contributed by atoms with Crippen molar-refractivity contribution in [3.63, 3.8) is 0 Å². The van der Waals surface area contributed by atoms with Gasteiger partial charge < -0.3 is 4.40 Å². The molecule has 0 radical (unpaired) electrons. The van der Waals surface area contributed by atoms with Crippen LogP contribution in [0.2, 0.25) is 0 Å². The number of hydrogen-bond donors (Lipinski definition) is 0. The molecule has 1 aromatic carbocycles. The van der Waals surface area contributed by atoms with Crippen LogP contribution in [-0.4, -0.2) is 16.0 Å². The summed E-state index contributed by atoms with van der Waals surface area (Å²) >= 11 is 0. The lowest BCUT2D eigenvalue weighted by Gasteiger charge is -2.00. The summed E-state index contributed by atoms with van der Waals surface area (Å²) in [6, 6.07) is 16.3. The number of pyridine rings is 1. The standard InChI is InChI=1S/C17H13NO2/c1-12(19)16-11-14(15-9-5-6-10-18(15)16)17(20)13-7-3-2-4-8-13/h2-11H,1H3. The van der Waals surface area contributed by atoms with Crippen molar-refractivity contribution in [3.05, 3.63) is 77.6 Å². The second-order valence-corrected chi connectivity index (χ2v) is 4.65. The van der Waals surface area contributed by atoms with Crippen LogP contribution in [-0.2, 0) is 0 Å². The maximum absolute atomic E-state index is 12.6. The van der Waals surface area contributed by atoms with Crippen LogP contribution in [0.4, 0.5) is 0 Å². The molecule has 3 aromatic rings. The number of rotatable bonds is 3. The highest BCUT2D eigenvalue weighted by atomic mass is 16.1. The average Bonchev–Trinajstić information content (AvgIpc) is 2.87. The molecule has 3 nitrogen and oxygen atoms in total. The Labute approximate surface area is 116 Å². The first-order chi connectivity index (χ1) is 9.68. The maximum Gasteiger partial charge on any atom is 0.195 e. The summed E-state index contributed by atoms with van der Waals surface area (Å²) in [4.78, 5) is 24.3. The minimum absolute atomic E-state index is 0.0571. The van der Waals surface area contributed by atoms with Crippen molar-refractivity contribution in [2.75, 3.05) is 0 Å². The predicted octanol–water partition coefficient (Wildman–Crippen LogP) is 3.37. The Balaban J connectivity index is 2.22. The van der Waals surface area contributed by atoms with Crippen LogP contribution in [0, 0.1) is 0 Å². The molecule has 3 rings (SSSR count). The fourth-order valence-corrected chi connectivity index (χ4v) is 2.35. The van der Waals surface area contributed by atoms with E-state index in [1.54, 1.807) is 28.8 Å². The van der Waals surface area contributed by atoms with Gasteiger partial charge in [-0.05, 0) is 18.2 Å². The van der Waals surface area contributed by atoms with E-state index in [0.29, 0.717) is 16.8 Å². The number of ketones is 2. The number of carbonyl (C=O) groups is 2. The summed E-state index contributed by atoms with van der Waals surface area (Å²) in [6.07, 6.45) is 1.80. The van der Waals surface area contributed by atoms with Crippen molar-refractivity contribution in [1.82, 2.24) is 4.40 Å². The Morgan fingerprint density at radius 2 is 1.65 bits per heavy atom. The summed E-state index contributed by atoms with van der Waals surface area (Å²) in [5.74, 6) is -0.125. The molecule has 0 spiro atoms. The van der Waals surface area contributed by atoms with Crippen molar-refractivity contribution in [2.24, 2.45) is 0 Å². The Hall–Kier alpha value is -2.68. The Morgan fingerprint density at radius 3 is 2.35 bits per heavy atom. The van der Waals surface area contributed by atoms with Gasteiger partial charge in [-0.3, -0.25) is 9.59 Å². The number of aromatic nitrogens is 1. The molecule has 98 valence electrons. The van der Waals surface area contributed by atoms with E-state index in [1.807, 2.05) is 36.4 Å². The molecule has 0 aliphatic heterocycles. The van der Waals surface area contributed by atoms with Crippen LogP contribution in [0.25, 0.3) is 5.52 Å². The van der Waals surface area contributed by atoms with Crippen molar-refractivity contribution < 1.29 is 9.59 Å². The van der Waals surface area contributed by atoms with Crippen molar-refractivity contribution in [1.29, 1.82) is 0 Å². The highest BCUT2D eigenvalue weighted by Crippen LogP contribution is 2.20. The summed E-state index contributed by atoms with van der Waals surface area (Å²) in [5.41, 5.74) is 2.47. The van der Waals surface area contributed by atoms with Gasteiger partial charge >= 0.3 is 0 Å². The molecule has 2 heterocycles. The van der Waals surface area contributed by atoms with Crippen molar-refractivity contribution in [2.45, 2.75) is 6.92 Å². The summed E-state index contributed by atoms with van der Waals surface area (Å²) < 4.78 is 1.76. The van der Waals surface area contributed by atoms with Crippen LogP contribution >= 0.6 is 0 Å². The van der Waals surface area contributed by atoms with E-state index in [0.717, 1.165) is 5.52 Å². The van der Waals surface area contributed by atoms with E-state index >= 15 is 0 Å². The van der Waals surface area contributed by atoms with E-state index < -0.39 is 0 Å². The minimum Gasteiger partial charge on any atom is -0.313 e. The molecule has 3 heteroatoms. The molecule has 0 saturated heterocycles. The van der Waals surface area contributed by atoms with E-state index in [1.165, 1.54) is 6.92 Å². The van der Waals surface area contributed by atoms with Gasteiger partial charge in [0.2, 0.25) is 0 Å². The summed E-state index contributed by atoms with van der Waals surface area (Å²) in [6.45, 7) is 1.51. The number of benzene rings is 1. The zero-order valence-electron chi connectivity index (χ0n) is 11.0. The van der Waals surface area contributed by atoms with Gasteiger partial charge in [0, 0.05) is 24.2 Å². The van der Waals surface area contributed by atoms with Gasteiger partial charge in [-0.1, -0.05) is 36.4 Å². The lowest BCUT2D eigenvalue weighted by Crippen LogP contribution is -2.00. The van der Waals surface area contributed by atoms with E-state index in [9.17, 15) is 9.59 Å². The molecule has 2 aromatic heterocycles. The van der Waals surface area contributed by atoms with E-state index in [2.05, 4.69) is 0 Å². The topological polar surface area (TPSA) is 38.5 Å². The fourth-order valence-electron chi connectivity index (χ4n) is 2.35. The van der Waals surface area contributed by atoms with E-state index in [4.69, 9.17) is 0 Å². The Kier molecular flexibility index (Phi) is 2.95. The van der Waals surface area contributed by atoms with Gasteiger partial charge in [0.25, 0.3) is 0 Å². The number of fused-ring (bicyclic) bond motifs is 1. The number of hydrogen-bond acceptors (Lipinski definition) is 2. The summed E-state index contributed by atoms with van der Waals surface area (Å²) in [5, 5.41) is 0. The van der Waals surface area contributed by atoms with Gasteiger partial charge in [0.05, 0.1) is 11.2 Å². The third-order valence-electron chi connectivity index (χ3n) is 3.32. The van der Waals surface area contributed by atoms with E-state index in [-0.39, 0.29) is 11.6 Å². The summed E-state index contributed by atoms with van der Waals surface area (Å²) in [7, 11) is 0. The second kappa shape index (κ2) is 4.78. The first kappa shape index (κ1) is 12.4. The molecule has 0 fully saturated rings. The monoisotopic (exact) mass is 263 g/mol. The number of nitrogens with zero attached hydrogens (tertiary/aromatic N) is 1. The molecule has 0 amide bonds. The highest BCUT2D eigenvalue weighted by Gasteiger charge is 2.18. The number of Topliss-reactive ketones (excluding diaryl/α,β-unsaturated/α-hetero) is 1. The van der Waals surface area contributed by atoms with Gasteiger partial charge in [-0.2, -0.15) is 0 Å². The van der Waals surface area contributed by atoms with Gasteiger partial charge in [0.1, 0.15) is 0 Å². The smallest absolute Gasteiger partial charge is 0.195 e. The molecule has 0 unspecified atom stereocenters. The first-order valence-electron chi connectivity index (χ1n) is 6.39. The molecule has 0 N–H and O–H groups in total. The largest absolute Gasteiger partial charge is 0.313 e. The van der Waals surface area contributed by atoms with Crippen molar-refractivity contribution >= 4 is 17.1 Å². The van der Waals surface area contributed by atoms with Crippen LogP contribution in [0.1, 0.15) is 33.3 Å². The zero-order valence-corrected chi connectivity index (χ0v) is 11.0. The van der Waals surface area contributed by atoms with Gasteiger partial charge in [-0.15, -0.1) is 0 Å². The molecular weight excluding hydrogens is 250 g/mol.